The van der Waals surface area contributed by atoms with Crippen molar-refractivity contribution in [2.24, 2.45) is 0 Å². The van der Waals surface area contributed by atoms with Gasteiger partial charge in [-0.05, 0) is 37.5 Å². The van der Waals surface area contributed by atoms with Crippen LogP contribution < -0.4 is 0 Å². The Morgan fingerprint density at radius 1 is 1.40 bits per heavy atom. The lowest BCUT2D eigenvalue weighted by atomic mass is 10.0. The van der Waals surface area contributed by atoms with Gasteiger partial charge in [-0.25, -0.2) is 0 Å². The van der Waals surface area contributed by atoms with E-state index in [1.54, 1.807) is 18.3 Å². The molecule has 25 heavy (non-hydrogen) atoms. The summed E-state index contributed by atoms with van der Waals surface area (Å²) in [7, 11) is 0. The topological polar surface area (TPSA) is 69.7 Å². The molecular weight excluding hydrogens is 322 g/mol. The van der Waals surface area contributed by atoms with E-state index in [1.807, 2.05) is 21.8 Å². The lowest BCUT2D eigenvalue weighted by Gasteiger charge is -2.31. The normalized spacial score (nSPS) is 25.9. The van der Waals surface area contributed by atoms with E-state index in [9.17, 15) is 4.79 Å². The molecule has 2 aromatic rings. The molecule has 7 heteroatoms. The third-order valence-electron chi connectivity index (χ3n) is 4.89. The molecule has 0 radical (unpaired) electrons. The van der Waals surface area contributed by atoms with Crippen LogP contribution in [0.1, 0.15) is 29.8 Å². The van der Waals surface area contributed by atoms with Crippen molar-refractivity contribution >= 4 is 5.91 Å². The predicted octanol–water partition coefficient (Wildman–Crippen LogP) is 1.95. The quantitative estimate of drug-likeness (QED) is 0.749. The van der Waals surface area contributed by atoms with Crippen molar-refractivity contribution in [3.63, 3.8) is 0 Å². The highest BCUT2D eigenvalue weighted by atomic mass is 16.5. The Labute approximate surface area is 146 Å². The summed E-state index contributed by atoms with van der Waals surface area (Å²) in [5.74, 6) is 0.303. The Balaban J connectivity index is 1.36. The number of nitrogens with zero attached hydrogens (tertiary/aromatic N) is 3. The number of rotatable bonds is 6. The van der Waals surface area contributed by atoms with Crippen molar-refractivity contribution in [1.82, 2.24) is 14.7 Å². The van der Waals surface area contributed by atoms with E-state index in [4.69, 9.17) is 13.9 Å². The summed E-state index contributed by atoms with van der Waals surface area (Å²) in [6, 6.07) is 5.43. The van der Waals surface area contributed by atoms with Crippen molar-refractivity contribution in [1.29, 1.82) is 0 Å². The first kappa shape index (κ1) is 16.4. The molecule has 0 saturated carbocycles. The Morgan fingerprint density at radius 3 is 3.16 bits per heavy atom. The predicted molar refractivity (Wildman–Crippen MR) is 89.1 cm³/mol. The number of furan rings is 1. The van der Waals surface area contributed by atoms with E-state index in [0.717, 1.165) is 32.4 Å². The molecule has 2 saturated heterocycles. The minimum Gasteiger partial charge on any atom is -0.459 e. The second-order valence-electron chi connectivity index (χ2n) is 6.51. The van der Waals surface area contributed by atoms with Gasteiger partial charge in [0.05, 0.1) is 18.8 Å². The first-order valence-electron chi connectivity index (χ1n) is 8.88. The molecule has 2 aromatic heterocycles. The van der Waals surface area contributed by atoms with Gasteiger partial charge in [0.25, 0.3) is 5.91 Å². The smallest absolute Gasteiger partial charge is 0.289 e. The SMILES string of the molecule is O=C(c1ccco1)N1C[C@@H](OCCCn2cccn2)[C@H]2OCCC[C@H]21. The zero-order valence-electron chi connectivity index (χ0n) is 14.1. The molecule has 4 heterocycles. The van der Waals surface area contributed by atoms with Crippen LogP contribution in [0.3, 0.4) is 0 Å². The molecule has 0 N–H and O–H groups in total. The van der Waals surface area contributed by atoms with Gasteiger partial charge >= 0.3 is 0 Å². The van der Waals surface area contributed by atoms with E-state index < -0.39 is 0 Å². The van der Waals surface area contributed by atoms with E-state index in [-0.39, 0.29) is 24.2 Å². The first-order chi connectivity index (χ1) is 12.3. The number of likely N-dealkylation sites (tertiary alicyclic amines) is 1. The molecule has 4 rings (SSSR count). The van der Waals surface area contributed by atoms with Gasteiger partial charge in [0.2, 0.25) is 0 Å². The maximum absolute atomic E-state index is 12.7. The number of amides is 1. The minimum absolute atomic E-state index is 0.0441. The van der Waals surface area contributed by atoms with Crippen LogP contribution in [0.2, 0.25) is 0 Å². The fraction of sp³-hybridized carbons (Fsp3) is 0.556. The van der Waals surface area contributed by atoms with E-state index >= 15 is 0 Å². The van der Waals surface area contributed by atoms with Gasteiger partial charge in [-0.2, -0.15) is 5.10 Å². The highest BCUT2D eigenvalue weighted by Gasteiger charge is 2.47. The molecule has 0 aromatic carbocycles. The number of aromatic nitrogens is 2. The maximum Gasteiger partial charge on any atom is 0.289 e. The summed E-state index contributed by atoms with van der Waals surface area (Å²) >= 11 is 0. The monoisotopic (exact) mass is 345 g/mol. The van der Waals surface area contributed by atoms with E-state index in [0.29, 0.717) is 18.9 Å². The van der Waals surface area contributed by atoms with Crippen LogP contribution in [0, 0.1) is 0 Å². The standard InChI is InChI=1S/C18H23N3O4/c22-18(15-6-2-10-23-15)21-13-16(17-14(21)5-1-11-25-17)24-12-4-9-20-8-3-7-19-20/h2-3,6-8,10,14,16-17H,1,4-5,9,11-13H2/t14-,16-,17+/m1/s1. The number of ether oxygens (including phenoxy) is 2. The van der Waals surface area contributed by atoms with Gasteiger partial charge in [0.15, 0.2) is 5.76 Å². The van der Waals surface area contributed by atoms with Gasteiger partial charge in [-0.1, -0.05) is 0 Å². The lowest BCUT2D eigenvalue weighted by Crippen LogP contribution is -2.43. The van der Waals surface area contributed by atoms with Gasteiger partial charge in [0, 0.05) is 32.2 Å². The van der Waals surface area contributed by atoms with Crippen LogP contribution in [0.4, 0.5) is 0 Å². The van der Waals surface area contributed by atoms with Crippen molar-refractivity contribution in [3.8, 4) is 0 Å². The average Bonchev–Trinajstić information content (AvgIpc) is 3.39. The summed E-state index contributed by atoms with van der Waals surface area (Å²) in [4.78, 5) is 14.6. The van der Waals surface area contributed by atoms with Crippen molar-refractivity contribution in [2.45, 2.75) is 44.1 Å². The number of hydrogen-bond acceptors (Lipinski definition) is 5. The highest BCUT2D eigenvalue weighted by molar-refractivity contribution is 5.92. The first-order valence-corrected chi connectivity index (χ1v) is 8.88. The largest absolute Gasteiger partial charge is 0.459 e. The molecule has 7 nitrogen and oxygen atoms in total. The molecule has 2 aliphatic rings. The Bertz CT molecular complexity index is 671. The number of carbonyl (C=O) groups excluding carboxylic acids is 1. The Morgan fingerprint density at radius 2 is 2.36 bits per heavy atom. The summed E-state index contributed by atoms with van der Waals surface area (Å²) in [6.45, 7) is 2.73. The van der Waals surface area contributed by atoms with E-state index in [1.165, 1.54) is 6.26 Å². The van der Waals surface area contributed by atoms with Crippen LogP contribution in [-0.2, 0) is 16.0 Å². The molecule has 0 unspecified atom stereocenters. The third-order valence-corrected chi connectivity index (χ3v) is 4.89. The molecule has 134 valence electrons. The zero-order chi connectivity index (χ0) is 17.1. The molecular formula is C18H23N3O4. The summed E-state index contributed by atoms with van der Waals surface area (Å²) in [6.07, 6.45) is 7.91. The third kappa shape index (κ3) is 3.48. The summed E-state index contributed by atoms with van der Waals surface area (Å²) in [5, 5.41) is 4.19. The maximum atomic E-state index is 12.7. The van der Waals surface area contributed by atoms with Crippen LogP contribution >= 0.6 is 0 Å². The molecule has 1 amide bonds. The Hall–Kier alpha value is -2.12. The average molecular weight is 345 g/mol. The summed E-state index contributed by atoms with van der Waals surface area (Å²) < 4.78 is 19.2. The number of carbonyl (C=O) groups is 1. The summed E-state index contributed by atoms with van der Waals surface area (Å²) in [5.41, 5.74) is 0. The van der Waals surface area contributed by atoms with Crippen LogP contribution in [0.5, 0.6) is 0 Å². The molecule has 3 atom stereocenters. The highest BCUT2D eigenvalue weighted by Crippen LogP contribution is 2.32. The lowest BCUT2D eigenvalue weighted by molar-refractivity contribution is -0.0770. The fourth-order valence-electron chi connectivity index (χ4n) is 3.73. The molecule has 2 fully saturated rings. The minimum atomic E-state index is -0.0816. The molecule has 0 spiro atoms. The zero-order valence-corrected chi connectivity index (χ0v) is 14.1. The van der Waals surface area contributed by atoms with Gasteiger partial charge in [-0.15, -0.1) is 0 Å². The fourth-order valence-corrected chi connectivity index (χ4v) is 3.73. The number of hydrogen-bond donors (Lipinski definition) is 0. The van der Waals surface area contributed by atoms with Crippen molar-refractivity contribution in [2.75, 3.05) is 19.8 Å². The van der Waals surface area contributed by atoms with Crippen LogP contribution in [0.15, 0.2) is 41.3 Å². The molecule has 0 bridgehead atoms. The van der Waals surface area contributed by atoms with Gasteiger partial charge < -0.3 is 18.8 Å². The molecule has 0 aliphatic carbocycles. The second-order valence-corrected chi connectivity index (χ2v) is 6.51. The number of aryl methyl sites for hydroxylation is 1. The molecule has 2 aliphatic heterocycles. The number of fused-ring (bicyclic) bond motifs is 1. The van der Waals surface area contributed by atoms with E-state index in [2.05, 4.69) is 5.10 Å². The second kappa shape index (κ2) is 7.41. The van der Waals surface area contributed by atoms with Gasteiger partial charge in [-0.3, -0.25) is 9.48 Å². The van der Waals surface area contributed by atoms with Crippen molar-refractivity contribution < 1.29 is 18.7 Å². The van der Waals surface area contributed by atoms with Crippen LogP contribution in [0.25, 0.3) is 0 Å². The van der Waals surface area contributed by atoms with Crippen LogP contribution in [-0.4, -0.2) is 58.6 Å². The van der Waals surface area contributed by atoms with Gasteiger partial charge in [0.1, 0.15) is 12.2 Å². The Kier molecular flexibility index (Phi) is 4.85. The van der Waals surface area contributed by atoms with Crippen molar-refractivity contribution in [3.05, 3.63) is 42.6 Å².